The van der Waals surface area contributed by atoms with Gasteiger partial charge in [0.1, 0.15) is 5.75 Å². The standard InChI is InChI=1S/C17H28N2O5S/c1-5-10-25(20,21)19-8-6-18(7-9-19)13-14-11-16(23-3)17(24-4)12-15(14)22-2/h11-12H,5-10,13H2,1-4H3. The van der Waals surface area contributed by atoms with Crippen molar-refractivity contribution in [1.82, 2.24) is 9.21 Å². The van der Waals surface area contributed by atoms with Crippen LogP contribution in [0.1, 0.15) is 18.9 Å². The third kappa shape index (κ3) is 4.77. The van der Waals surface area contributed by atoms with E-state index in [4.69, 9.17) is 14.2 Å². The van der Waals surface area contributed by atoms with E-state index in [9.17, 15) is 8.42 Å². The molecule has 0 aromatic heterocycles. The summed E-state index contributed by atoms with van der Waals surface area (Å²) in [4.78, 5) is 2.22. The molecule has 1 aliphatic heterocycles. The number of methoxy groups -OCH3 is 3. The highest BCUT2D eigenvalue weighted by molar-refractivity contribution is 7.89. The molecule has 1 aliphatic rings. The van der Waals surface area contributed by atoms with Crippen LogP contribution in [0.4, 0.5) is 0 Å². The van der Waals surface area contributed by atoms with Crippen LogP contribution < -0.4 is 14.2 Å². The van der Waals surface area contributed by atoms with Crippen LogP contribution >= 0.6 is 0 Å². The summed E-state index contributed by atoms with van der Waals surface area (Å²) in [6.45, 7) is 5.00. The summed E-state index contributed by atoms with van der Waals surface area (Å²) in [6, 6.07) is 3.73. The lowest BCUT2D eigenvalue weighted by Crippen LogP contribution is -2.48. The molecule has 0 N–H and O–H groups in total. The smallest absolute Gasteiger partial charge is 0.214 e. The Bertz CT molecular complexity index is 670. The van der Waals surface area contributed by atoms with Crippen LogP contribution in [-0.4, -0.2) is 70.9 Å². The van der Waals surface area contributed by atoms with Crippen LogP contribution in [0.5, 0.6) is 17.2 Å². The summed E-state index contributed by atoms with van der Waals surface area (Å²) in [6.07, 6.45) is 0.644. The van der Waals surface area contributed by atoms with Crippen LogP contribution in [0, 0.1) is 0 Å². The van der Waals surface area contributed by atoms with E-state index in [1.54, 1.807) is 25.6 Å². The zero-order valence-electron chi connectivity index (χ0n) is 15.4. The van der Waals surface area contributed by atoms with Crippen molar-refractivity contribution in [3.63, 3.8) is 0 Å². The number of nitrogens with zero attached hydrogens (tertiary/aromatic N) is 2. The molecule has 25 heavy (non-hydrogen) atoms. The van der Waals surface area contributed by atoms with Gasteiger partial charge in [0.15, 0.2) is 11.5 Å². The lowest BCUT2D eigenvalue weighted by Gasteiger charge is -2.34. The van der Waals surface area contributed by atoms with Gasteiger partial charge < -0.3 is 14.2 Å². The largest absolute Gasteiger partial charge is 0.496 e. The molecule has 1 saturated heterocycles. The van der Waals surface area contributed by atoms with E-state index < -0.39 is 10.0 Å². The molecule has 1 aromatic carbocycles. The first kappa shape index (κ1) is 19.8. The highest BCUT2D eigenvalue weighted by Gasteiger charge is 2.26. The maximum atomic E-state index is 12.2. The minimum absolute atomic E-state index is 0.219. The molecule has 1 fully saturated rings. The molecule has 0 unspecified atom stereocenters. The van der Waals surface area contributed by atoms with E-state index in [-0.39, 0.29) is 5.75 Å². The number of piperazine rings is 1. The van der Waals surface area contributed by atoms with Crippen molar-refractivity contribution in [2.45, 2.75) is 19.9 Å². The molecule has 0 spiro atoms. The fourth-order valence-electron chi connectivity index (χ4n) is 3.01. The monoisotopic (exact) mass is 372 g/mol. The molecular weight excluding hydrogens is 344 g/mol. The summed E-state index contributed by atoms with van der Waals surface area (Å²) in [5.74, 6) is 2.23. The molecular formula is C17H28N2O5S. The van der Waals surface area contributed by atoms with Gasteiger partial charge in [-0.3, -0.25) is 4.90 Å². The molecule has 0 bridgehead atoms. The summed E-state index contributed by atoms with van der Waals surface area (Å²) < 4.78 is 42.1. The fourth-order valence-corrected chi connectivity index (χ4v) is 4.50. The third-order valence-electron chi connectivity index (χ3n) is 4.37. The Morgan fingerprint density at radius 1 is 0.920 bits per heavy atom. The predicted molar refractivity (Wildman–Crippen MR) is 97.0 cm³/mol. The number of hydrogen-bond acceptors (Lipinski definition) is 6. The number of benzene rings is 1. The number of rotatable bonds is 8. The zero-order valence-corrected chi connectivity index (χ0v) is 16.3. The van der Waals surface area contributed by atoms with Crippen molar-refractivity contribution in [2.24, 2.45) is 0 Å². The van der Waals surface area contributed by atoms with Crippen molar-refractivity contribution in [3.8, 4) is 17.2 Å². The van der Waals surface area contributed by atoms with E-state index in [2.05, 4.69) is 4.90 Å². The van der Waals surface area contributed by atoms with Crippen LogP contribution in [-0.2, 0) is 16.6 Å². The third-order valence-corrected chi connectivity index (χ3v) is 6.44. The van der Waals surface area contributed by atoms with Gasteiger partial charge in [-0.25, -0.2) is 8.42 Å². The van der Waals surface area contributed by atoms with Crippen molar-refractivity contribution in [3.05, 3.63) is 17.7 Å². The second kappa shape index (κ2) is 8.73. The maximum absolute atomic E-state index is 12.2. The average Bonchev–Trinajstić information content (AvgIpc) is 2.61. The van der Waals surface area contributed by atoms with Crippen LogP contribution in [0.2, 0.25) is 0 Å². The lowest BCUT2D eigenvalue weighted by atomic mass is 10.1. The highest BCUT2D eigenvalue weighted by atomic mass is 32.2. The molecule has 0 saturated carbocycles. The Morgan fingerprint density at radius 3 is 2.00 bits per heavy atom. The molecule has 142 valence electrons. The Kier molecular flexibility index (Phi) is 6.92. The Hall–Kier alpha value is -1.51. The second-order valence-electron chi connectivity index (χ2n) is 6.01. The molecule has 7 nitrogen and oxygen atoms in total. The average molecular weight is 372 g/mol. The van der Waals surface area contributed by atoms with Crippen molar-refractivity contribution in [2.75, 3.05) is 53.3 Å². The summed E-state index contributed by atoms with van der Waals surface area (Å²) in [7, 11) is 1.70. The van der Waals surface area contributed by atoms with E-state index in [1.807, 2.05) is 19.1 Å². The summed E-state index contributed by atoms with van der Waals surface area (Å²) in [5, 5.41) is 0. The molecule has 0 radical (unpaired) electrons. The minimum Gasteiger partial charge on any atom is -0.496 e. The molecule has 2 rings (SSSR count). The van der Waals surface area contributed by atoms with Gasteiger partial charge in [0.25, 0.3) is 0 Å². The van der Waals surface area contributed by atoms with E-state index in [0.29, 0.717) is 50.6 Å². The first-order chi connectivity index (χ1) is 11.9. The Balaban J connectivity index is 2.07. The van der Waals surface area contributed by atoms with Crippen LogP contribution in [0.3, 0.4) is 0 Å². The van der Waals surface area contributed by atoms with Crippen LogP contribution in [0.25, 0.3) is 0 Å². The van der Waals surface area contributed by atoms with E-state index in [1.165, 1.54) is 0 Å². The van der Waals surface area contributed by atoms with Gasteiger partial charge in [0.2, 0.25) is 10.0 Å². The van der Waals surface area contributed by atoms with Gasteiger partial charge in [-0.1, -0.05) is 6.92 Å². The topological polar surface area (TPSA) is 68.3 Å². The lowest BCUT2D eigenvalue weighted by molar-refractivity contribution is 0.179. The van der Waals surface area contributed by atoms with Gasteiger partial charge in [0, 0.05) is 44.4 Å². The van der Waals surface area contributed by atoms with Crippen molar-refractivity contribution < 1.29 is 22.6 Å². The van der Waals surface area contributed by atoms with E-state index in [0.717, 1.165) is 11.3 Å². The number of hydrogen-bond donors (Lipinski definition) is 0. The summed E-state index contributed by atoms with van der Waals surface area (Å²) >= 11 is 0. The molecule has 0 aliphatic carbocycles. The number of ether oxygens (including phenoxy) is 3. The molecule has 1 aromatic rings. The second-order valence-corrected chi connectivity index (χ2v) is 8.10. The van der Waals surface area contributed by atoms with Gasteiger partial charge in [-0.05, 0) is 12.5 Å². The normalized spacial score (nSPS) is 16.6. The Morgan fingerprint density at radius 2 is 1.48 bits per heavy atom. The van der Waals surface area contributed by atoms with E-state index >= 15 is 0 Å². The summed E-state index contributed by atoms with van der Waals surface area (Å²) in [5.41, 5.74) is 0.991. The quantitative estimate of drug-likeness (QED) is 0.690. The van der Waals surface area contributed by atoms with Gasteiger partial charge in [0.05, 0.1) is 27.1 Å². The fraction of sp³-hybridized carbons (Fsp3) is 0.647. The minimum atomic E-state index is -3.12. The SMILES string of the molecule is CCCS(=O)(=O)N1CCN(Cc2cc(OC)c(OC)cc2OC)CC1. The van der Waals surface area contributed by atoms with Gasteiger partial charge in [-0.15, -0.1) is 0 Å². The van der Waals surface area contributed by atoms with Gasteiger partial charge >= 0.3 is 0 Å². The number of sulfonamides is 1. The highest BCUT2D eigenvalue weighted by Crippen LogP contribution is 2.35. The van der Waals surface area contributed by atoms with Crippen molar-refractivity contribution in [1.29, 1.82) is 0 Å². The Labute approximate surface area is 150 Å². The zero-order chi connectivity index (χ0) is 18.4. The van der Waals surface area contributed by atoms with Crippen molar-refractivity contribution >= 4 is 10.0 Å². The molecule has 0 atom stereocenters. The van der Waals surface area contributed by atoms with Crippen LogP contribution in [0.15, 0.2) is 12.1 Å². The van der Waals surface area contributed by atoms with Gasteiger partial charge in [-0.2, -0.15) is 4.31 Å². The maximum Gasteiger partial charge on any atom is 0.214 e. The molecule has 8 heteroatoms. The molecule has 0 amide bonds. The first-order valence-corrected chi connectivity index (χ1v) is 10.0. The predicted octanol–water partition coefficient (Wildman–Crippen LogP) is 1.57. The first-order valence-electron chi connectivity index (χ1n) is 8.44. The molecule has 1 heterocycles.